The van der Waals surface area contributed by atoms with E-state index in [1.165, 1.54) is 36.1 Å². The number of hydrogen-bond donors (Lipinski definition) is 2. The van der Waals surface area contributed by atoms with Crippen LogP contribution in [-0.2, 0) is 9.59 Å². The summed E-state index contributed by atoms with van der Waals surface area (Å²) in [4.78, 5) is 37.2. The Morgan fingerprint density at radius 1 is 0.966 bits per heavy atom. The lowest BCUT2D eigenvalue weighted by atomic mass is 10.2. The fraction of sp³-hybridized carbons (Fsp3) is 0.250. The maximum Gasteiger partial charge on any atom is 0.387 e. The molecule has 0 atom stereocenters. The summed E-state index contributed by atoms with van der Waals surface area (Å²) in [6, 6.07) is 11.8. The first kappa shape index (κ1) is 21.8. The van der Waals surface area contributed by atoms with E-state index in [4.69, 9.17) is 0 Å². The van der Waals surface area contributed by atoms with Crippen molar-refractivity contribution in [3.8, 4) is 5.75 Å². The van der Waals surface area contributed by atoms with Gasteiger partial charge in [0.25, 0.3) is 5.91 Å². The molecular weight excluding hydrogens is 384 g/mol. The molecule has 0 aliphatic rings. The molecule has 154 valence electrons. The van der Waals surface area contributed by atoms with Crippen molar-refractivity contribution in [3.05, 3.63) is 54.1 Å². The van der Waals surface area contributed by atoms with Crippen molar-refractivity contribution in [1.82, 2.24) is 4.90 Å². The van der Waals surface area contributed by atoms with Gasteiger partial charge in [-0.05, 0) is 55.5 Å². The number of hydrogen-bond acceptors (Lipinski definition) is 4. The van der Waals surface area contributed by atoms with Crippen LogP contribution in [0, 0.1) is 0 Å². The Morgan fingerprint density at radius 3 is 2.00 bits per heavy atom. The molecule has 3 amide bonds. The van der Waals surface area contributed by atoms with Gasteiger partial charge in [0.1, 0.15) is 12.3 Å². The van der Waals surface area contributed by atoms with E-state index in [2.05, 4.69) is 15.4 Å². The van der Waals surface area contributed by atoms with Crippen LogP contribution < -0.4 is 15.4 Å². The van der Waals surface area contributed by atoms with Crippen molar-refractivity contribution in [1.29, 1.82) is 0 Å². The number of benzene rings is 2. The number of nitrogens with zero attached hydrogens (tertiary/aromatic N) is 1. The molecular formula is C20H21F2N3O4. The molecule has 0 fully saturated rings. The summed E-state index contributed by atoms with van der Waals surface area (Å²) in [6.07, 6.45) is 0. The first-order chi connectivity index (χ1) is 13.8. The molecule has 0 unspecified atom stereocenters. The van der Waals surface area contributed by atoms with E-state index in [1.54, 1.807) is 31.2 Å². The summed E-state index contributed by atoms with van der Waals surface area (Å²) in [7, 11) is 0. The van der Waals surface area contributed by atoms with Crippen LogP contribution in [0.5, 0.6) is 5.75 Å². The summed E-state index contributed by atoms with van der Waals surface area (Å²) >= 11 is 0. The van der Waals surface area contributed by atoms with Crippen LogP contribution >= 0.6 is 0 Å². The summed E-state index contributed by atoms with van der Waals surface area (Å²) in [5.74, 6) is -1.06. The SMILES string of the molecule is CCN(CC(=O)Nc1ccc(NC(C)=O)cc1)C(=O)c1ccc(OC(F)F)cc1. The second-order valence-electron chi connectivity index (χ2n) is 6.03. The van der Waals surface area contributed by atoms with Crippen LogP contribution in [-0.4, -0.2) is 42.3 Å². The second-order valence-corrected chi connectivity index (χ2v) is 6.03. The quantitative estimate of drug-likeness (QED) is 0.705. The minimum absolute atomic E-state index is 0.0555. The van der Waals surface area contributed by atoms with Gasteiger partial charge in [0.15, 0.2) is 0 Å². The predicted molar refractivity (Wildman–Crippen MR) is 104 cm³/mol. The van der Waals surface area contributed by atoms with Gasteiger partial charge >= 0.3 is 6.61 Å². The Morgan fingerprint density at radius 2 is 1.52 bits per heavy atom. The fourth-order valence-corrected chi connectivity index (χ4v) is 2.50. The highest BCUT2D eigenvalue weighted by Crippen LogP contribution is 2.17. The van der Waals surface area contributed by atoms with Crippen LogP contribution in [0.1, 0.15) is 24.2 Å². The van der Waals surface area contributed by atoms with Gasteiger partial charge in [-0.3, -0.25) is 14.4 Å². The molecule has 0 saturated carbocycles. The molecule has 2 aromatic rings. The maximum absolute atomic E-state index is 12.6. The normalized spacial score (nSPS) is 10.4. The summed E-state index contributed by atoms with van der Waals surface area (Å²) in [5.41, 5.74) is 1.36. The predicted octanol–water partition coefficient (Wildman–Crippen LogP) is 3.35. The summed E-state index contributed by atoms with van der Waals surface area (Å²) in [6.45, 7) is 0.272. The molecule has 0 aliphatic carbocycles. The van der Waals surface area contributed by atoms with Gasteiger partial charge < -0.3 is 20.3 Å². The number of carbonyl (C=O) groups is 3. The molecule has 0 saturated heterocycles. The van der Waals surface area contributed by atoms with Gasteiger partial charge in [0.05, 0.1) is 0 Å². The third kappa shape index (κ3) is 6.87. The minimum Gasteiger partial charge on any atom is -0.435 e. The molecule has 2 N–H and O–H groups in total. The van der Waals surface area contributed by atoms with E-state index in [0.717, 1.165) is 0 Å². The lowest BCUT2D eigenvalue weighted by Gasteiger charge is -2.20. The Hall–Kier alpha value is -3.49. The minimum atomic E-state index is -2.94. The summed E-state index contributed by atoms with van der Waals surface area (Å²) < 4.78 is 28.7. The van der Waals surface area contributed by atoms with Gasteiger partial charge in [0.2, 0.25) is 11.8 Å². The Labute approximate surface area is 166 Å². The van der Waals surface area contributed by atoms with E-state index in [-0.39, 0.29) is 30.3 Å². The molecule has 2 aromatic carbocycles. The van der Waals surface area contributed by atoms with E-state index in [9.17, 15) is 23.2 Å². The van der Waals surface area contributed by atoms with E-state index in [1.807, 2.05) is 0 Å². The average molecular weight is 405 g/mol. The highest BCUT2D eigenvalue weighted by atomic mass is 19.3. The van der Waals surface area contributed by atoms with Gasteiger partial charge in [-0.2, -0.15) is 8.78 Å². The van der Waals surface area contributed by atoms with Crippen molar-refractivity contribution >= 4 is 29.1 Å². The molecule has 0 radical (unpaired) electrons. The highest BCUT2D eigenvalue weighted by molar-refractivity contribution is 5.99. The molecule has 0 bridgehead atoms. The average Bonchev–Trinajstić information content (AvgIpc) is 2.67. The van der Waals surface area contributed by atoms with E-state index >= 15 is 0 Å². The molecule has 0 aromatic heterocycles. The number of likely N-dealkylation sites (N-methyl/N-ethyl adjacent to an activating group) is 1. The number of amides is 3. The van der Waals surface area contributed by atoms with Crippen molar-refractivity contribution < 1.29 is 27.9 Å². The molecule has 7 nitrogen and oxygen atoms in total. The van der Waals surface area contributed by atoms with E-state index < -0.39 is 18.4 Å². The third-order valence-corrected chi connectivity index (χ3v) is 3.82. The number of anilines is 2. The highest BCUT2D eigenvalue weighted by Gasteiger charge is 2.18. The zero-order valence-electron chi connectivity index (χ0n) is 15.9. The van der Waals surface area contributed by atoms with Crippen LogP contribution in [0.3, 0.4) is 0 Å². The molecule has 9 heteroatoms. The van der Waals surface area contributed by atoms with Crippen molar-refractivity contribution in [3.63, 3.8) is 0 Å². The second kappa shape index (κ2) is 10.2. The Balaban J connectivity index is 1.96. The maximum atomic E-state index is 12.6. The van der Waals surface area contributed by atoms with Crippen molar-refractivity contribution in [2.45, 2.75) is 20.5 Å². The molecule has 0 spiro atoms. The zero-order valence-corrected chi connectivity index (χ0v) is 15.9. The molecule has 29 heavy (non-hydrogen) atoms. The van der Waals surface area contributed by atoms with E-state index in [0.29, 0.717) is 11.4 Å². The van der Waals surface area contributed by atoms with Crippen LogP contribution in [0.15, 0.2) is 48.5 Å². The van der Waals surface area contributed by atoms with Gasteiger partial charge in [0, 0.05) is 30.4 Å². The van der Waals surface area contributed by atoms with Crippen LogP contribution in [0.4, 0.5) is 20.2 Å². The monoisotopic (exact) mass is 405 g/mol. The topological polar surface area (TPSA) is 87.7 Å². The number of rotatable bonds is 8. The molecule has 2 rings (SSSR count). The Bertz CT molecular complexity index is 855. The van der Waals surface area contributed by atoms with Crippen LogP contribution in [0.2, 0.25) is 0 Å². The molecule has 0 heterocycles. The smallest absolute Gasteiger partial charge is 0.387 e. The number of alkyl halides is 2. The lowest BCUT2D eigenvalue weighted by molar-refractivity contribution is -0.117. The lowest BCUT2D eigenvalue weighted by Crippen LogP contribution is -2.37. The standard InChI is InChI=1S/C20H21F2N3O4/c1-3-25(19(28)14-4-10-17(11-5-14)29-20(21)22)12-18(27)24-16-8-6-15(7-9-16)23-13(2)26/h4-11,20H,3,12H2,1-2H3,(H,23,26)(H,24,27). The number of ether oxygens (including phenoxy) is 1. The number of carbonyl (C=O) groups excluding carboxylic acids is 3. The van der Waals surface area contributed by atoms with Gasteiger partial charge in [-0.25, -0.2) is 0 Å². The fourth-order valence-electron chi connectivity index (χ4n) is 2.50. The van der Waals surface area contributed by atoms with Gasteiger partial charge in [-0.15, -0.1) is 0 Å². The number of halogens is 2. The summed E-state index contributed by atoms with van der Waals surface area (Å²) in [5, 5.41) is 5.29. The Kier molecular flexibility index (Phi) is 7.64. The third-order valence-electron chi connectivity index (χ3n) is 3.82. The largest absolute Gasteiger partial charge is 0.435 e. The van der Waals surface area contributed by atoms with Gasteiger partial charge in [-0.1, -0.05) is 0 Å². The van der Waals surface area contributed by atoms with Crippen molar-refractivity contribution in [2.24, 2.45) is 0 Å². The first-order valence-electron chi connectivity index (χ1n) is 8.80. The molecule has 0 aliphatic heterocycles. The first-order valence-corrected chi connectivity index (χ1v) is 8.80. The van der Waals surface area contributed by atoms with Crippen molar-refractivity contribution in [2.75, 3.05) is 23.7 Å². The zero-order chi connectivity index (χ0) is 21.4. The van der Waals surface area contributed by atoms with Crippen LogP contribution in [0.25, 0.3) is 0 Å². The number of nitrogens with one attached hydrogen (secondary N) is 2.